The molecule has 0 unspecified atom stereocenters. The highest BCUT2D eigenvalue weighted by atomic mass is 79.9. The molecule has 0 bridgehead atoms. The summed E-state index contributed by atoms with van der Waals surface area (Å²) >= 11 is 3.35. The average molecular weight is 277 g/mol. The van der Waals surface area contributed by atoms with Crippen LogP contribution in [0.15, 0.2) is 53.3 Å². The highest BCUT2D eigenvalue weighted by molar-refractivity contribution is 9.10. The van der Waals surface area contributed by atoms with Crippen molar-refractivity contribution in [3.63, 3.8) is 0 Å². The summed E-state index contributed by atoms with van der Waals surface area (Å²) < 4.78 is 2.88. The van der Waals surface area contributed by atoms with E-state index in [9.17, 15) is 4.79 Å². The normalized spacial score (nSPS) is 10.1. The van der Waals surface area contributed by atoms with Gasteiger partial charge in [-0.15, -0.1) is 0 Å². The van der Waals surface area contributed by atoms with E-state index >= 15 is 0 Å². The molecule has 2 aromatic rings. The van der Waals surface area contributed by atoms with Crippen LogP contribution in [0.25, 0.3) is 0 Å². The molecule has 0 aliphatic carbocycles. The molecule has 80 valence electrons. The van der Waals surface area contributed by atoms with Gasteiger partial charge in [0.1, 0.15) is 7.05 Å². The summed E-state index contributed by atoms with van der Waals surface area (Å²) in [4.78, 5) is 12.0. The molecule has 0 saturated carbocycles. The van der Waals surface area contributed by atoms with E-state index < -0.39 is 0 Å². The van der Waals surface area contributed by atoms with Crippen molar-refractivity contribution >= 4 is 21.7 Å². The third kappa shape index (κ3) is 2.36. The highest BCUT2D eigenvalue weighted by Gasteiger charge is 2.09. The standard InChI is InChI=1S/C13H11BrNO/c1-15-8-6-11(7-9-15)13(16)10-2-4-12(14)5-3-10/h2-9H,1H3/q+1. The molecular weight excluding hydrogens is 266 g/mol. The topological polar surface area (TPSA) is 20.9 Å². The minimum atomic E-state index is 0.0492. The minimum absolute atomic E-state index is 0.0492. The van der Waals surface area contributed by atoms with Crippen molar-refractivity contribution in [2.75, 3.05) is 0 Å². The Morgan fingerprint density at radius 2 is 1.50 bits per heavy atom. The van der Waals surface area contributed by atoms with Crippen molar-refractivity contribution in [2.24, 2.45) is 7.05 Å². The largest absolute Gasteiger partial charge is 0.289 e. The molecule has 0 saturated heterocycles. The number of hydrogen-bond acceptors (Lipinski definition) is 1. The molecule has 2 nitrogen and oxygen atoms in total. The number of aromatic nitrogens is 1. The molecule has 0 fully saturated rings. The van der Waals surface area contributed by atoms with E-state index in [1.807, 2.05) is 60.4 Å². The van der Waals surface area contributed by atoms with Crippen molar-refractivity contribution < 1.29 is 9.36 Å². The Morgan fingerprint density at radius 1 is 1.00 bits per heavy atom. The predicted molar refractivity (Wildman–Crippen MR) is 65.2 cm³/mol. The zero-order chi connectivity index (χ0) is 11.5. The van der Waals surface area contributed by atoms with Crippen molar-refractivity contribution in [1.29, 1.82) is 0 Å². The van der Waals surface area contributed by atoms with Gasteiger partial charge in [0, 0.05) is 27.7 Å². The molecule has 16 heavy (non-hydrogen) atoms. The number of halogens is 1. The lowest BCUT2D eigenvalue weighted by molar-refractivity contribution is -0.671. The molecule has 1 heterocycles. The monoisotopic (exact) mass is 276 g/mol. The first kappa shape index (κ1) is 11.0. The molecule has 0 radical (unpaired) electrons. The highest BCUT2D eigenvalue weighted by Crippen LogP contribution is 2.13. The van der Waals surface area contributed by atoms with Crippen LogP contribution in [-0.4, -0.2) is 5.78 Å². The summed E-state index contributed by atoms with van der Waals surface area (Å²) in [5.74, 6) is 0.0492. The summed E-state index contributed by atoms with van der Waals surface area (Å²) in [6.45, 7) is 0. The van der Waals surface area contributed by atoms with E-state index in [1.54, 1.807) is 0 Å². The molecule has 0 aliphatic heterocycles. The van der Waals surface area contributed by atoms with Crippen LogP contribution in [0.1, 0.15) is 15.9 Å². The summed E-state index contributed by atoms with van der Waals surface area (Å²) in [6, 6.07) is 11.0. The summed E-state index contributed by atoms with van der Waals surface area (Å²) in [5, 5.41) is 0. The number of carbonyl (C=O) groups excluding carboxylic acids is 1. The number of hydrogen-bond donors (Lipinski definition) is 0. The van der Waals surface area contributed by atoms with Crippen molar-refractivity contribution in [1.82, 2.24) is 0 Å². The Bertz CT molecular complexity index is 455. The molecule has 1 aromatic carbocycles. The van der Waals surface area contributed by atoms with Gasteiger partial charge in [0.2, 0.25) is 0 Å². The Kier molecular flexibility index (Phi) is 3.15. The van der Waals surface area contributed by atoms with Gasteiger partial charge in [-0.2, -0.15) is 0 Å². The first-order valence-electron chi connectivity index (χ1n) is 4.92. The lowest BCUT2D eigenvalue weighted by Crippen LogP contribution is -2.26. The van der Waals surface area contributed by atoms with Crippen LogP contribution >= 0.6 is 15.9 Å². The number of nitrogens with zero attached hydrogens (tertiary/aromatic N) is 1. The smallest absolute Gasteiger partial charge is 0.193 e. The minimum Gasteiger partial charge on any atom is -0.289 e. The Morgan fingerprint density at radius 3 is 2.06 bits per heavy atom. The van der Waals surface area contributed by atoms with Crippen molar-refractivity contribution in [3.05, 3.63) is 64.4 Å². The Hall–Kier alpha value is -1.48. The van der Waals surface area contributed by atoms with E-state index in [2.05, 4.69) is 15.9 Å². The number of carbonyl (C=O) groups is 1. The van der Waals surface area contributed by atoms with Crippen molar-refractivity contribution in [2.45, 2.75) is 0 Å². The van der Waals surface area contributed by atoms with Crippen LogP contribution < -0.4 is 4.57 Å². The lowest BCUT2D eigenvalue weighted by Gasteiger charge is -2.00. The van der Waals surface area contributed by atoms with Gasteiger partial charge in [0.25, 0.3) is 0 Å². The predicted octanol–water partition coefficient (Wildman–Crippen LogP) is 2.50. The van der Waals surface area contributed by atoms with E-state index in [0.29, 0.717) is 11.1 Å². The SMILES string of the molecule is C[n+]1ccc(C(=O)c2ccc(Br)cc2)cc1. The Balaban J connectivity index is 2.32. The zero-order valence-electron chi connectivity index (χ0n) is 8.85. The molecule has 0 atom stereocenters. The number of aryl methyl sites for hydroxylation is 1. The van der Waals surface area contributed by atoms with Crippen LogP contribution in [0, 0.1) is 0 Å². The third-order valence-electron chi connectivity index (χ3n) is 2.35. The molecule has 0 amide bonds. The number of pyridine rings is 1. The van der Waals surface area contributed by atoms with E-state index in [4.69, 9.17) is 0 Å². The van der Waals surface area contributed by atoms with E-state index in [1.165, 1.54) is 0 Å². The molecular formula is C13H11BrNO+. The molecule has 3 heteroatoms. The van der Waals surface area contributed by atoms with Crippen LogP contribution in [0.2, 0.25) is 0 Å². The maximum Gasteiger partial charge on any atom is 0.193 e. The second-order valence-corrected chi connectivity index (χ2v) is 4.50. The van der Waals surface area contributed by atoms with Gasteiger partial charge in [-0.3, -0.25) is 4.79 Å². The van der Waals surface area contributed by atoms with Gasteiger partial charge in [0.05, 0.1) is 0 Å². The number of rotatable bonds is 2. The molecule has 2 rings (SSSR count). The first-order valence-corrected chi connectivity index (χ1v) is 5.72. The molecule has 0 spiro atoms. The van der Waals surface area contributed by atoms with Crippen LogP contribution in [-0.2, 0) is 7.05 Å². The number of benzene rings is 1. The summed E-state index contributed by atoms with van der Waals surface area (Å²) in [7, 11) is 1.92. The van der Waals surface area contributed by atoms with E-state index in [0.717, 1.165) is 4.47 Å². The maximum absolute atomic E-state index is 12.0. The quantitative estimate of drug-likeness (QED) is 0.610. The van der Waals surface area contributed by atoms with Gasteiger partial charge in [-0.1, -0.05) is 15.9 Å². The molecule has 0 N–H and O–H groups in total. The van der Waals surface area contributed by atoms with Gasteiger partial charge < -0.3 is 0 Å². The Labute approximate surface area is 103 Å². The fourth-order valence-electron chi connectivity index (χ4n) is 1.42. The van der Waals surface area contributed by atoms with Crippen LogP contribution in [0.5, 0.6) is 0 Å². The van der Waals surface area contributed by atoms with Gasteiger partial charge in [-0.05, 0) is 24.3 Å². The summed E-state index contributed by atoms with van der Waals surface area (Å²) in [5.41, 5.74) is 1.41. The second-order valence-electron chi connectivity index (χ2n) is 3.59. The van der Waals surface area contributed by atoms with Gasteiger partial charge >= 0.3 is 0 Å². The van der Waals surface area contributed by atoms with E-state index in [-0.39, 0.29) is 5.78 Å². The fraction of sp³-hybridized carbons (Fsp3) is 0.0769. The molecule has 0 aliphatic rings. The first-order chi connectivity index (χ1) is 7.66. The lowest BCUT2D eigenvalue weighted by atomic mass is 10.1. The summed E-state index contributed by atoms with van der Waals surface area (Å²) in [6.07, 6.45) is 3.73. The number of ketones is 1. The van der Waals surface area contributed by atoms with Crippen LogP contribution in [0.4, 0.5) is 0 Å². The average Bonchev–Trinajstić information content (AvgIpc) is 2.30. The van der Waals surface area contributed by atoms with Gasteiger partial charge in [0.15, 0.2) is 18.2 Å². The van der Waals surface area contributed by atoms with Gasteiger partial charge in [-0.25, -0.2) is 4.57 Å². The zero-order valence-corrected chi connectivity index (χ0v) is 10.4. The second kappa shape index (κ2) is 4.58. The van der Waals surface area contributed by atoms with Crippen molar-refractivity contribution in [3.8, 4) is 0 Å². The maximum atomic E-state index is 12.0. The third-order valence-corrected chi connectivity index (χ3v) is 2.88. The fourth-order valence-corrected chi connectivity index (χ4v) is 1.68. The molecule has 1 aromatic heterocycles. The van der Waals surface area contributed by atoms with Crippen LogP contribution in [0.3, 0.4) is 0 Å².